The summed E-state index contributed by atoms with van der Waals surface area (Å²) in [5.74, 6) is 0.217. The molecule has 5 rings (SSSR count). The maximum absolute atomic E-state index is 13.4. The van der Waals surface area contributed by atoms with Crippen LogP contribution >= 0.6 is 11.8 Å². The maximum atomic E-state index is 13.4. The van der Waals surface area contributed by atoms with E-state index in [1.165, 1.54) is 27.1 Å². The fraction of sp³-hybridized carbons (Fsp3) is 0.423. The van der Waals surface area contributed by atoms with E-state index in [0.29, 0.717) is 13.2 Å². The van der Waals surface area contributed by atoms with E-state index in [4.69, 9.17) is 0 Å². The molecule has 3 aliphatic heterocycles. The zero-order chi connectivity index (χ0) is 23.4. The van der Waals surface area contributed by atoms with Gasteiger partial charge in [0.2, 0.25) is 0 Å². The Morgan fingerprint density at radius 1 is 1.12 bits per heavy atom. The van der Waals surface area contributed by atoms with Gasteiger partial charge in [-0.15, -0.1) is 11.8 Å². The molecular weight excluding hydrogens is 434 g/mol. The second kappa shape index (κ2) is 8.38. The molecule has 3 atom stereocenters. The topological polar surface area (TPSA) is 67.2 Å². The van der Waals surface area contributed by atoms with Gasteiger partial charge in [0.05, 0.1) is 12.7 Å². The number of hydrazine groups is 1. The first kappa shape index (κ1) is 22.3. The minimum atomic E-state index is -1.04. The molecule has 0 radical (unpaired) electrons. The van der Waals surface area contributed by atoms with E-state index in [2.05, 4.69) is 54.4 Å². The van der Waals surface area contributed by atoms with Crippen molar-refractivity contribution in [2.24, 2.45) is 5.92 Å². The monoisotopic (exact) mass is 465 g/mol. The highest BCUT2D eigenvalue weighted by Crippen LogP contribution is 2.45. The molecule has 1 fully saturated rings. The largest absolute Gasteiger partial charge is 0.507 e. The van der Waals surface area contributed by atoms with Crippen LogP contribution in [0.2, 0.25) is 0 Å². The number of aliphatic hydroxyl groups excluding tert-OH is 2. The highest BCUT2D eigenvalue weighted by Gasteiger charge is 2.47. The Morgan fingerprint density at radius 2 is 1.88 bits per heavy atom. The van der Waals surface area contributed by atoms with Crippen LogP contribution in [0.3, 0.4) is 0 Å². The van der Waals surface area contributed by atoms with E-state index in [9.17, 15) is 15.0 Å². The molecule has 2 aromatic carbocycles. The number of rotatable bonds is 2. The molecule has 2 N–H and O–H groups in total. The third kappa shape index (κ3) is 3.63. The Morgan fingerprint density at radius 3 is 2.64 bits per heavy atom. The molecule has 1 amide bonds. The smallest absolute Gasteiger partial charge is 0.276 e. The van der Waals surface area contributed by atoms with E-state index in [1.54, 1.807) is 4.90 Å². The third-order valence-electron chi connectivity index (χ3n) is 6.97. The number of nitrogens with zero attached hydrogens (tertiary/aromatic N) is 3. The average Bonchev–Trinajstić information content (AvgIpc) is 2.94. The van der Waals surface area contributed by atoms with Crippen molar-refractivity contribution in [3.63, 3.8) is 0 Å². The highest BCUT2D eigenvalue weighted by molar-refractivity contribution is 7.98. The number of fused-ring (bicyclic) bond motifs is 3. The Labute approximate surface area is 199 Å². The van der Waals surface area contributed by atoms with Crippen molar-refractivity contribution in [1.29, 1.82) is 0 Å². The van der Waals surface area contributed by atoms with Crippen molar-refractivity contribution in [1.82, 2.24) is 14.9 Å². The van der Waals surface area contributed by atoms with Crippen molar-refractivity contribution in [3.05, 3.63) is 76.2 Å². The molecule has 0 bridgehead atoms. The lowest BCUT2D eigenvalue weighted by atomic mass is 9.92. The summed E-state index contributed by atoms with van der Waals surface area (Å²) in [6.45, 7) is 8.86. The summed E-state index contributed by atoms with van der Waals surface area (Å²) in [7, 11) is 0. The van der Waals surface area contributed by atoms with E-state index >= 15 is 0 Å². The first-order valence-electron chi connectivity index (χ1n) is 11.5. The number of aliphatic hydroxyl groups is 2. The molecule has 3 heterocycles. The first-order chi connectivity index (χ1) is 15.8. The summed E-state index contributed by atoms with van der Waals surface area (Å²) in [4.78, 5) is 16.4. The second-order valence-corrected chi connectivity index (χ2v) is 10.6. The van der Waals surface area contributed by atoms with Crippen LogP contribution in [0.4, 0.5) is 0 Å². The zero-order valence-electron chi connectivity index (χ0n) is 19.5. The van der Waals surface area contributed by atoms with Crippen LogP contribution in [0, 0.1) is 12.8 Å². The molecule has 1 saturated heterocycles. The second-order valence-electron chi connectivity index (χ2n) is 9.62. The van der Waals surface area contributed by atoms with Crippen LogP contribution in [0.1, 0.15) is 49.1 Å². The molecule has 0 spiro atoms. The zero-order valence-corrected chi connectivity index (χ0v) is 20.3. The summed E-state index contributed by atoms with van der Waals surface area (Å²) in [5.41, 5.74) is 5.08. The van der Waals surface area contributed by atoms with Crippen LogP contribution in [0.25, 0.3) is 0 Å². The molecule has 3 unspecified atom stereocenters. The van der Waals surface area contributed by atoms with Crippen LogP contribution in [-0.4, -0.2) is 56.4 Å². The number of thioether (sulfide) groups is 1. The van der Waals surface area contributed by atoms with Crippen molar-refractivity contribution < 1.29 is 15.0 Å². The number of carbonyl (C=O) groups is 1. The van der Waals surface area contributed by atoms with Gasteiger partial charge in [-0.3, -0.25) is 9.80 Å². The minimum absolute atomic E-state index is 0.0497. The minimum Gasteiger partial charge on any atom is -0.507 e. The van der Waals surface area contributed by atoms with Gasteiger partial charge >= 0.3 is 0 Å². The van der Waals surface area contributed by atoms with Gasteiger partial charge in [-0.1, -0.05) is 48.9 Å². The Bertz CT molecular complexity index is 1130. The lowest BCUT2D eigenvalue weighted by Gasteiger charge is -2.53. The fourth-order valence-corrected chi connectivity index (χ4v) is 6.18. The van der Waals surface area contributed by atoms with Crippen molar-refractivity contribution in [2.75, 3.05) is 13.2 Å². The Hall–Kier alpha value is -2.48. The van der Waals surface area contributed by atoms with Crippen LogP contribution in [0.5, 0.6) is 0 Å². The number of hydrogen-bond donors (Lipinski definition) is 2. The molecule has 3 aliphatic rings. The summed E-state index contributed by atoms with van der Waals surface area (Å²) < 4.78 is 0. The standard InChI is InChI=1S/C26H31N3O3S/c1-15(2)27-14-29(28-12-17(4)24(30)25(31)23(28)26(27)32)22-19-8-6-5-7-18(19)13-33-21-10-9-16(3)11-20(21)22/h5-11,15,17,22,24,30-31H,12-14H2,1-4H3. The number of aryl methyl sites for hydroxylation is 1. The van der Waals surface area contributed by atoms with E-state index in [0.717, 1.165) is 5.75 Å². The SMILES string of the molecule is Cc1ccc2c(c1)C(N1CN(C(C)C)C(=O)C3=C(O)C(O)C(C)CN31)c1ccccc1CS2. The average molecular weight is 466 g/mol. The van der Waals surface area contributed by atoms with Crippen LogP contribution in [-0.2, 0) is 10.5 Å². The van der Waals surface area contributed by atoms with Gasteiger partial charge in [0.1, 0.15) is 6.10 Å². The molecule has 2 aromatic rings. The van der Waals surface area contributed by atoms with E-state index in [1.807, 2.05) is 37.5 Å². The molecular formula is C26H31N3O3S. The Balaban J connectivity index is 1.74. The lowest BCUT2D eigenvalue weighted by molar-refractivity contribution is -0.166. The Kier molecular flexibility index (Phi) is 5.67. The van der Waals surface area contributed by atoms with Crippen molar-refractivity contribution in [2.45, 2.75) is 56.5 Å². The maximum Gasteiger partial charge on any atom is 0.276 e. The molecule has 0 aliphatic carbocycles. The van der Waals surface area contributed by atoms with Crippen molar-refractivity contribution in [3.8, 4) is 0 Å². The summed E-state index contributed by atoms with van der Waals surface area (Å²) in [6.07, 6.45) is -1.04. The molecule has 6 nitrogen and oxygen atoms in total. The molecule has 0 saturated carbocycles. The predicted molar refractivity (Wildman–Crippen MR) is 129 cm³/mol. The highest BCUT2D eigenvalue weighted by atomic mass is 32.2. The van der Waals surface area contributed by atoms with Gasteiger partial charge in [-0.05, 0) is 43.5 Å². The number of carbonyl (C=O) groups excluding carboxylic acids is 1. The van der Waals surface area contributed by atoms with Gasteiger partial charge in [0.15, 0.2) is 11.5 Å². The lowest BCUT2D eigenvalue weighted by Crippen LogP contribution is -2.63. The van der Waals surface area contributed by atoms with Gasteiger partial charge in [0.25, 0.3) is 5.91 Å². The van der Waals surface area contributed by atoms with E-state index < -0.39 is 6.10 Å². The number of benzene rings is 2. The number of hydrogen-bond acceptors (Lipinski definition) is 6. The van der Waals surface area contributed by atoms with Gasteiger partial charge in [-0.2, -0.15) is 5.01 Å². The quantitative estimate of drug-likeness (QED) is 0.693. The number of amides is 1. The summed E-state index contributed by atoms with van der Waals surface area (Å²) in [6, 6.07) is 14.9. The summed E-state index contributed by atoms with van der Waals surface area (Å²) >= 11 is 1.84. The van der Waals surface area contributed by atoms with E-state index in [-0.39, 0.29) is 35.4 Å². The fourth-order valence-electron chi connectivity index (χ4n) is 5.10. The van der Waals surface area contributed by atoms with Gasteiger partial charge < -0.3 is 15.1 Å². The summed E-state index contributed by atoms with van der Waals surface area (Å²) in [5, 5.41) is 25.7. The van der Waals surface area contributed by atoms with Gasteiger partial charge in [0, 0.05) is 29.2 Å². The predicted octanol–water partition coefficient (Wildman–Crippen LogP) is 4.20. The first-order valence-corrected chi connectivity index (χ1v) is 12.5. The molecule has 33 heavy (non-hydrogen) atoms. The van der Waals surface area contributed by atoms with Gasteiger partial charge in [-0.25, -0.2) is 0 Å². The van der Waals surface area contributed by atoms with Crippen LogP contribution in [0.15, 0.2) is 58.8 Å². The molecule has 7 heteroatoms. The normalized spacial score (nSPS) is 25.6. The van der Waals surface area contributed by atoms with Crippen molar-refractivity contribution >= 4 is 17.7 Å². The third-order valence-corrected chi connectivity index (χ3v) is 8.10. The molecule has 0 aromatic heterocycles. The molecule has 174 valence electrons. The van der Waals surface area contributed by atoms with Crippen LogP contribution < -0.4 is 0 Å².